The fourth-order valence-electron chi connectivity index (χ4n) is 3.93. The number of rotatable bonds is 0. The van der Waals surface area contributed by atoms with Crippen LogP contribution in [0, 0.1) is 5.41 Å². The third kappa shape index (κ3) is 0.858. The van der Waals surface area contributed by atoms with Crippen molar-refractivity contribution in [1.82, 2.24) is 4.90 Å². The number of fused-ring (bicyclic) bond motifs is 6. The quantitative estimate of drug-likeness (QED) is 0.641. The van der Waals surface area contributed by atoms with Gasteiger partial charge in [-0.25, -0.2) is 0 Å². The SMILES string of the molecule is CN1C=CN2c3ccccc3[C@@]3(C)C=C[C@]3(C)C12. The minimum absolute atomic E-state index is 0.158. The molecule has 3 atom stereocenters. The average Bonchev–Trinajstić information content (AvgIpc) is 2.77. The van der Waals surface area contributed by atoms with Gasteiger partial charge >= 0.3 is 0 Å². The first-order valence-electron chi connectivity index (χ1n) is 6.56. The average molecular weight is 238 g/mol. The van der Waals surface area contributed by atoms with E-state index in [1.165, 1.54) is 11.3 Å². The van der Waals surface area contributed by atoms with E-state index in [9.17, 15) is 0 Å². The van der Waals surface area contributed by atoms with Crippen LogP contribution in [-0.4, -0.2) is 18.1 Å². The Morgan fingerprint density at radius 3 is 2.56 bits per heavy atom. The largest absolute Gasteiger partial charge is 0.358 e. The normalized spacial score (nSPS) is 39.2. The number of benzene rings is 1. The summed E-state index contributed by atoms with van der Waals surface area (Å²) in [5.74, 6) is 0. The molecule has 3 aliphatic rings. The highest BCUT2D eigenvalue weighted by atomic mass is 15.4. The van der Waals surface area contributed by atoms with E-state index in [1.807, 2.05) is 0 Å². The van der Waals surface area contributed by atoms with Crippen LogP contribution in [0.4, 0.5) is 5.69 Å². The van der Waals surface area contributed by atoms with Crippen molar-refractivity contribution in [3.63, 3.8) is 0 Å². The third-order valence-corrected chi connectivity index (χ3v) is 5.27. The lowest BCUT2D eigenvalue weighted by Gasteiger charge is -2.61. The molecule has 1 unspecified atom stereocenters. The monoisotopic (exact) mass is 238 g/mol. The minimum atomic E-state index is 0.158. The van der Waals surface area contributed by atoms with Gasteiger partial charge in [-0.1, -0.05) is 44.2 Å². The van der Waals surface area contributed by atoms with Crippen molar-refractivity contribution in [1.29, 1.82) is 0 Å². The van der Waals surface area contributed by atoms with Crippen molar-refractivity contribution in [2.45, 2.75) is 25.4 Å². The van der Waals surface area contributed by atoms with Crippen LogP contribution in [0.5, 0.6) is 0 Å². The molecule has 0 fully saturated rings. The molecule has 0 aromatic heterocycles. The van der Waals surface area contributed by atoms with E-state index in [0.717, 1.165) is 0 Å². The number of hydrogen-bond donors (Lipinski definition) is 0. The summed E-state index contributed by atoms with van der Waals surface area (Å²) >= 11 is 0. The van der Waals surface area contributed by atoms with E-state index < -0.39 is 0 Å². The van der Waals surface area contributed by atoms with Gasteiger partial charge in [-0.3, -0.25) is 0 Å². The number of allylic oxidation sites excluding steroid dienone is 1. The Bertz CT molecular complexity index is 589. The lowest BCUT2D eigenvalue weighted by atomic mass is 9.51. The van der Waals surface area contributed by atoms with Crippen molar-refractivity contribution in [2.24, 2.45) is 5.41 Å². The minimum Gasteiger partial charge on any atom is -0.358 e. The molecule has 92 valence electrons. The number of anilines is 1. The molecule has 2 heteroatoms. The van der Waals surface area contributed by atoms with Gasteiger partial charge < -0.3 is 9.80 Å². The van der Waals surface area contributed by atoms with Crippen LogP contribution in [0.1, 0.15) is 19.4 Å². The topological polar surface area (TPSA) is 6.48 Å². The molecular formula is C16H18N2. The molecule has 0 spiro atoms. The van der Waals surface area contributed by atoms with E-state index in [2.05, 4.69) is 79.5 Å². The van der Waals surface area contributed by atoms with Gasteiger partial charge in [0.15, 0.2) is 0 Å². The number of para-hydroxylation sites is 1. The Kier molecular flexibility index (Phi) is 1.61. The van der Waals surface area contributed by atoms with E-state index >= 15 is 0 Å². The first-order chi connectivity index (χ1) is 8.58. The van der Waals surface area contributed by atoms with Crippen molar-refractivity contribution < 1.29 is 0 Å². The lowest BCUT2D eigenvalue weighted by molar-refractivity contribution is 0.0978. The van der Waals surface area contributed by atoms with Crippen molar-refractivity contribution >= 4 is 5.69 Å². The van der Waals surface area contributed by atoms with Gasteiger partial charge in [0.05, 0.1) is 0 Å². The molecule has 2 aliphatic heterocycles. The summed E-state index contributed by atoms with van der Waals surface area (Å²) in [6.07, 6.45) is 9.55. The van der Waals surface area contributed by atoms with Gasteiger partial charge in [-0.2, -0.15) is 0 Å². The highest BCUT2D eigenvalue weighted by Gasteiger charge is 2.60. The fraction of sp³-hybridized carbons (Fsp3) is 0.375. The molecule has 2 heterocycles. The smallest absolute Gasteiger partial charge is 0.115 e. The van der Waals surface area contributed by atoms with Crippen molar-refractivity contribution in [3.05, 3.63) is 54.4 Å². The Labute approximate surface area is 108 Å². The summed E-state index contributed by atoms with van der Waals surface area (Å²) in [5, 5.41) is 0. The Morgan fingerprint density at radius 2 is 1.83 bits per heavy atom. The number of nitrogens with zero attached hydrogens (tertiary/aromatic N) is 2. The lowest BCUT2D eigenvalue weighted by Crippen LogP contribution is -2.63. The summed E-state index contributed by atoms with van der Waals surface area (Å²) in [4.78, 5) is 4.75. The van der Waals surface area contributed by atoms with Crippen LogP contribution in [0.25, 0.3) is 0 Å². The van der Waals surface area contributed by atoms with Gasteiger partial charge in [0.25, 0.3) is 0 Å². The Hall–Kier alpha value is -1.70. The summed E-state index contributed by atoms with van der Waals surface area (Å²) < 4.78 is 0. The van der Waals surface area contributed by atoms with Gasteiger partial charge in [-0.05, 0) is 11.6 Å². The summed E-state index contributed by atoms with van der Waals surface area (Å²) in [5.41, 5.74) is 3.14. The maximum absolute atomic E-state index is 2.42. The van der Waals surface area contributed by atoms with Crippen LogP contribution < -0.4 is 4.90 Å². The third-order valence-electron chi connectivity index (χ3n) is 5.27. The molecule has 18 heavy (non-hydrogen) atoms. The molecule has 2 nitrogen and oxygen atoms in total. The zero-order chi connectivity index (χ0) is 12.5. The predicted molar refractivity (Wildman–Crippen MR) is 74.2 cm³/mol. The molecule has 1 aromatic carbocycles. The Morgan fingerprint density at radius 1 is 1.06 bits per heavy atom. The second kappa shape index (κ2) is 2.82. The molecular weight excluding hydrogens is 220 g/mol. The van der Waals surface area contributed by atoms with Crippen molar-refractivity contribution in [3.8, 4) is 0 Å². The standard InChI is InChI=1S/C16H18N2/c1-15-8-9-16(15,2)14-17(3)10-11-18(14)13-7-5-4-6-12(13)15/h4-11,14H,1-3H3/t14?,15-,16-/m1/s1. The highest BCUT2D eigenvalue weighted by Crippen LogP contribution is 2.61. The van der Waals surface area contributed by atoms with E-state index in [0.29, 0.717) is 6.17 Å². The van der Waals surface area contributed by atoms with Crippen LogP contribution in [0.2, 0.25) is 0 Å². The molecule has 1 aromatic rings. The van der Waals surface area contributed by atoms with Crippen molar-refractivity contribution in [2.75, 3.05) is 11.9 Å². The van der Waals surface area contributed by atoms with Crippen LogP contribution in [0.15, 0.2) is 48.8 Å². The van der Waals surface area contributed by atoms with Gasteiger partial charge in [-0.15, -0.1) is 0 Å². The van der Waals surface area contributed by atoms with Crippen LogP contribution >= 0.6 is 0 Å². The maximum atomic E-state index is 2.42. The highest BCUT2D eigenvalue weighted by molar-refractivity contribution is 5.68. The number of hydrogen-bond acceptors (Lipinski definition) is 2. The zero-order valence-corrected chi connectivity index (χ0v) is 11.1. The molecule has 0 saturated heterocycles. The molecule has 4 rings (SSSR count). The zero-order valence-electron chi connectivity index (χ0n) is 11.1. The first kappa shape index (κ1) is 10.2. The van der Waals surface area contributed by atoms with Crippen LogP contribution in [-0.2, 0) is 5.41 Å². The molecule has 0 saturated carbocycles. The molecule has 0 radical (unpaired) electrons. The summed E-state index contributed by atoms with van der Waals surface area (Å²) in [7, 11) is 2.17. The summed E-state index contributed by atoms with van der Waals surface area (Å²) in [6, 6.07) is 8.80. The van der Waals surface area contributed by atoms with E-state index in [4.69, 9.17) is 0 Å². The van der Waals surface area contributed by atoms with Crippen LogP contribution in [0.3, 0.4) is 0 Å². The maximum Gasteiger partial charge on any atom is 0.115 e. The predicted octanol–water partition coefficient (Wildman–Crippen LogP) is 3.08. The van der Waals surface area contributed by atoms with Gasteiger partial charge in [0.1, 0.15) is 6.17 Å². The Balaban J connectivity index is 2.02. The second-order valence-corrected chi connectivity index (χ2v) is 6.08. The molecule has 1 aliphatic carbocycles. The molecule has 0 N–H and O–H groups in total. The molecule has 0 amide bonds. The van der Waals surface area contributed by atoms with Gasteiger partial charge in [0.2, 0.25) is 0 Å². The van der Waals surface area contributed by atoms with E-state index in [1.54, 1.807) is 0 Å². The fourth-order valence-corrected chi connectivity index (χ4v) is 3.93. The molecule has 0 bridgehead atoms. The van der Waals surface area contributed by atoms with Gasteiger partial charge in [0, 0.05) is 36.0 Å². The second-order valence-electron chi connectivity index (χ2n) is 6.08. The first-order valence-corrected chi connectivity index (χ1v) is 6.56. The van der Waals surface area contributed by atoms with E-state index in [-0.39, 0.29) is 10.8 Å². The summed E-state index contributed by atoms with van der Waals surface area (Å²) in [6.45, 7) is 4.75.